The van der Waals surface area contributed by atoms with Crippen LogP contribution >= 0.6 is 11.3 Å². The van der Waals surface area contributed by atoms with E-state index in [0.29, 0.717) is 12.6 Å². The zero-order chi connectivity index (χ0) is 15.1. The van der Waals surface area contributed by atoms with Gasteiger partial charge >= 0.3 is 0 Å². The number of benzene rings is 1. The maximum Gasteiger partial charge on any atom is 0.119 e. The fourth-order valence-electron chi connectivity index (χ4n) is 2.15. The van der Waals surface area contributed by atoms with Crippen molar-refractivity contribution in [2.75, 3.05) is 27.2 Å². The van der Waals surface area contributed by atoms with Crippen LogP contribution < -0.4 is 10.1 Å². The van der Waals surface area contributed by atoms with E-state index in [2.05, 4.69) is 53.8 Å². The molecule has 0 aliphatic carbocycles. The number of hydrogen-bond donors (Lipinski definition) is 1. The highest BCUT2D eigenvalue weighted by Crippen LogP contribution is 2.23. The van der Waals surface area contributed by atoms with Crippen LogP contribution in [-0.4, -0.2) is 32.1 Å². The van der Waals surface area contributed by atoms with Crippen molar-refractivity contribution < 1.29 is 4.74 Å². The molecule has 21 heavy (non-hydrogen) atoms. The van der Waals surface area contributed by atoms with Crippen LogP contribution in [0, 0.1) is 0 Å². The molecule has 0 aliphatic heterocycles. The SMILES string of the molecule is CNCc1ccc(OCCN(C)C(C)c2cccs2)cc1. The molecule has 0 bridgehead atoms. The van der Waals surface area contributed by atoms with E-state index in [1.165, 1.54) is 10.4 Å². The number of hydrogen-bond acceptors (Lipinski definition) is 4. The molecule has 0 saturated carbocycles. The lowest BCUT2D eigenvalue weighted by atomic mass is 10.2. The van der Waals surface area contributed by atoms with Crippen LogP contribution in [0.4, 0.5) is 0 Å². The van der Waals surface area contributed by atoms with Crippen LogP contribution in [0.15, 0.2) is 41.8 Å². The van der Waals surface area contributed by atoms with Gasteiger partial charge in [-0.1, -0.05) is 18.2 Å². The highest BCUT2D eigenvalue weighted by molar-refractivity contribution is 7.10. The molecule has 3 nitrogen and oxygen atoms in total. The summed E-state index contributed by atoms with van der Waals surface area (Å²) >= 11 is 1.81. The van der Waals surface area contributed by atoms with E-state index < -0.39 is 0 Å². The highest BCUT2D eigenvalue weighted by Gasteiger charge is 2.12. The van der Waals surface area contributed by atoms with Gasteiger partial charge in [0.2, 0.25) is 0 Å². The number of ether oxygens (including phenoxy) is 1. The van der Waals surface area contributed by atoms with Crippen molar-refractivity contribution in [1.29, 1.82) is 0 Å². The number of nitrogens with zero attached hydrogens (tertiary/aromatic N) is 1. The lowest BCUT2D eigenvalue weighted by Gasteiger charge is -2.23. The summed E-state index contributed by atoms with van der Waals surface area (Å²) in [5, 5.41) is 5.27. The Morgan fingerprint density at radius 3 is 2.62 bits per heavy atom. The fraction of sp³-hybridized carbons (Fsp3) is 0.412. The Labute approximate surface area is 131 Å². The van der Waals surface area contributed by atoms with Gasteiger partial charge in [0.05, 0.1) is 0 Å². The number of thiophene rings is 1. The minimum atomic E-state index is 0.437. The number of nitrogens with one attached hydrogen (secondary N) is 1. The molecule has 1 unspecified atom stereocenters. The minimum absolute atomic E-state index is 0.437. The Morgan fingerprint density at radius 1 is 1.24 bits per heavy atom. The van der Waals surface area contributed by atoms with Gasteiger partial charge in [-0.2, -0.15) is 0 Å². The molecule has 0 amide bonds. The topological polar surface area (TPSA) is 24.5 Å². The molecule has 0 aliphatic rings. The summed E-state index contributed by atoms with van der Waals surface area (Å²) in [7, 11) is 4.10. The lowest BCUT2D eigenvalue weighted by molar-refractivity contribution is 0.202. The summed E-state index contributed by atoms with van der Waals surface area (Å²) in [6, 6.07) is 13.0. The standard InChI is InChI=1S/C17H24N2OS/c1-14(17-5-4-12-21-17)19(3)10-11-20-16-8-6-15(7-9-16)13-18-2/h4-9,12,14,18H,10-11,13H2,1-3H3. The van der Waals surface area contributed by atoms with E-state index in [0.717, 1.165) is 18.8 Å². The van der Waals surface area contributed by atoms with Crippen molar-refractivity contribution in [3.05, 3.63) is 52.2 Å². The Kier molecular flexibility index (Phi) is 6.23. The third kappa shape index (κ3) is 4.84. The Bertz CT molecular complexity index is 510. The van der Waals surface area contributed by atoms with Crippen molar-refractivity contribution in [3.8, 4) is 5.75 Å². The zero-order valence-electron chi connectivity index (χ0n) is 13.0. The predicted molar refractivity (Wildman–Crippen MR) is 90.1 cm³/mol. The van der Waals surface area contributed by atoms with Gasteiger partial charge in [0.1, 0.15) is 12.4 Å². The van der Waals surface area contributed by atoms with E-state index in [9.17, 15) is 0 Å². The average molecular weight is 304 g/mol. The van der Waals surface area contributed by atoms with Crippen molar-refractivity contribution >= 4 is 11.3 Å². The van der Waals surface area contributed by atoms with E-state index in [1.807, 2.05) is 19.2 Å². The molecule has 114 valence electrons. The zero-order valence-corrected chi connectivity index (χ0v) is 13.8. The largest absolute Gasteiger partial charge is 0.492 e. The molecule has 2 rings (SSSR count). The van der Waals surface area contributed by atoms with E-state index >= 15 is 0 Å². The summed E-state index contributed by atoms with van der Waals surface area (Å²) in [6.07, 6.45) is 0. The van der Waals surface area contributed by atoms with Crippen LogP contribution in [-0.2, 0) is 6.54 Å². The van der Waals surface area contributed by atoms with Gasteiger partial charge in [-0.25, -0.2) is 0 Å². The van der Waals surface area contributed by atoms with Gasteiger partial charge in [-0.15, -0.1) is 11.3 Å². The summed E-state index contributed by atoms with van der Waals surface area (Å²) in [5.74, 6) is 0.937. The molecule has 0 radical (unpaired) electrons. The summed E-state index contributed by atoms with van der Waals surface area (Å²) in [5.41, 5.74) is 1.27. The second-order valence-electron chi connectivity index (χ2n) is 5.19. The first kappa shape index (κ1) is 16.0. The molecule has 1 aromatic carbocycles. The Hall–Kier alpha value is -1.36. The first-order valence-electron chi connectivity index (χ1n) is 7.30. The van der Waals surface area contributed by atoms with Crippen LogP contribution in [0.5, 0.6) is 5.75 Å². The molecule has 1 heterocycles. The molecule has 0 spiro atoms. The Morgan fingerprint density at radius 2 is 2.00 bits per heavy atom. The number of likely N-dealkylation sites (N-methyl/N-ethyl adjacent to an activating group) is 1. The maximum atomic E-state index is 5.82. The minimum Gasteiger partial charge on any atom is -0.492 e. The first-order chi connectivity index (χ1) is 10.2. The first-order valence-corrected chi connectivity index (χ1v) is 8.18. The van der Waals surface area contributed by atoms with Gasteiger partial charge in [-0.05, 0) is 50.2 Å². The molecular weight excluding hydrogens is 280 g/mol. The Balaban J connectivity index is 1.75. The van der Waals surface area contributed by atoms with E-state index in [1.54, 1.807) is 11.3 Å². The van der Waals surface area contributed by atoms with Gasteiger partial charge in [0.15, 0.2) is 0 Å². The second kappa shape index (κ2) is 8.17. The van der Waals surface area contributed by atoms with Gasteiger partial charge in [0, 0.05) is 24.0 Å². The van der Waals surface area contributed by atoms with E-state index in [-0.39, 0.29) is 0 Å². The van der Waals surface area contributed by atoms with Crippen LogP contribution in [0.1, 0.15) is 23.4 Å². The maximum absolute atomic E-state index is 5.82. The summed E-state index contributed by atoms with van der Waals surface area (Å²) in [4.78, 5) is 3.72. The van der Waals surface area contributed by atoms with Crippen molar-refractivity contribution in [2.45, 2.75) is 19.5 Å². The predicted octanol–water partition coefficient (Wildman–Crippen LogP) is 3.54. The summed E-state index contributed by atoms with van der Waals surface area (Å²) in [6.45, 7) is 4.74. The van der Waals surface area contributed by atoms with Crippen LogP contribution in [0.2, 0.25) is 0 Å². The van der Waals surface area contributed by atoms with Gasteiger partial charge < -0.3 is 10.1 Å². The average Bonchev–Trinajstić information content (AvgIpc) is 3.02. The van der Waals surface area contributed by atoms with Crippen molar-refractivity contribution in [1.82, 2.24) is 10.2 Å². The van der Waals surface area contributed by atoms with Gasteiger partial charge in [-0.3, -0.25) is 4.90 Å². The summed E-state index contributed by atoms with van der Waals surface area (Å²) < 4.78 is 5.82. The monoisotopic (exact) mass is 304 g/mol. The van der Waals surface area contributed by atoms with Crippen LogP contribution in [0.3, 0.4) is 0 Å². The number of rotatable bonds is 8. The quantitative estimate of drug-likeness (QED) is 0.807. The fourth-order valence-corrected chi connectivity index (χ4v) is 3.00. The molecule has 2 aromatic rings. The van der Waals surface area contributed by atoms with Crippen LogP contribution in [0.25, 0.3) is 0 Å². The van der Waals surface area contributed by atoms with Crippen molar-refractivity contribution in [3.63, 3.8) is 0 Å². The third-order valence-corrected chi connectivity index (χ3v) is 4.68. The van der Waals surface area contributed by atoms with E-state index in [4.69, 9.17) is 4.74 Å². The molecule has 4 heteroatoms. The molecule has 0 saturated heterocycles. The van der Waals surface area contributed by atoms with Gasteiger partial charge in [0.25, 0.3) is 0 Å². The van der Waals surface area contributed by atoms with Crippen molar-refractivity contribution in [2.24, 2.45) is 0 Å². The molecule has 1 N–H and O–H groups in total. The molecule has 0 fully saturated rings. The normalized spacial score (nSPS) is 12.6. The smallest absolute Gasteiger partial charge is 0.119 e. The molecule has 1 aromatic heterocycles. The second-order valence-corrected chi connectivity index (χ2v) is 6.17. The highest BCUT2D eigenvalue weighted by atomic mass is 32.1. The lowest BCUT2D eigenvalue weighted by Crippen LogP contribution is -2.26. The molecular formula is C17H24N2OS. The third-order valence-electron chi connectivity index (χ3n) is 3.63. The molecule has 1 atom stereocenters.